The van der Waals surface area contributed by atoms with E-state index < -0.39 is 4.93 Å². The Kier molecular flexibility index (Phi) is 2.21. The minimum Gasteiger partial charge on any atom is -0.441 e. The van der Waals surface area contributed by atoms with E-state index in [2.05, 4.69) is 0 Å². The number of carbonyl (C=O) groups is 1. The van der Waals surface area contributed by atoms with E-state index in [0.717, 1.165) is 11.3 Å². The zero-order valence-electron chi connectivity index (χ0n) is 11.1. The predicted octanol–water partition coefficient (Wildman–Crippen LogP) is 3.23. The summed E-state index contributed by atoms with van der Waals surface area (Å²) in [6, 6.07) is 7.76. The van der Waals surface area contributed by atoms with Gasteiger partial charge in [-0.2, -0.15) is 0 Å². The van der Waals surface area contributed by atoms with Crippen LogP contribution in [0.2, 0.25) is 0 Å². The van der Waals surface area contributed by atoms with Gasteiger partial charge in [-0.1, -0.05) is 30.3 Å². The third-order valence-corrected chi connectivity index (χ3v) is 6.79. The van der Waals surface area contributed by atoms with Crippen LogP contribution in [0.15, 0.2) is 29.2 Å². The second-order valence-corrected chi connectivity index (χ2v) is 7.69. The third kappa shape index (κ3) is 1.34. The lowest BCUT2D eigenvalue weighted by molar-refractivity contribution is -0.0240. The highest BCUT2D eigenvalue weighted by Gasteiger charge is 2.66. The average Bonchev–Trinajstić information content (AvgIpc) is 3.10. The second-order valence-electron chi connectivity index (χ2n) is 6.36. The number of hydrogen-bond acceptors (Lipinski definition) is 4. The molecule has 1 aromatic carbocycles. The zero-order chi connectivity index (χ0) is 13.3. The van der Waals surface area contributed by atoms with E-state index >= 15 is 0 Å². The van der Waals surface area contributed by atoms with Crippen LogP contribution in [0, 0.1) is 11.8 Å². The van der Waals surface area contributed by atoms with Gasteiger partial charge in [0.1, 0.15) is 6.10 Å². The molecule has 0 N–H and O–H groups in total. The highest BCUT2D eigenvalue weighted by Crippen LogP contribution is 2.62. The normalized spacial score (nSPS) is 44.5. The third-order valence-electron chi connectivity index (χ3n) is 5.39. The largest absolute Gasteiger partial charge is 0.441 e. The van der Waals surface area contributed by atoms with Crippen LogP contribution >= 0.6 is 11.8 Å². The molecule has 1 saturated carbocycles. The quantitative estimate of drug-likeness (QED) is 0.687. The van der Waals surface area contributed by atoms with E-state index in [4.69, 9.17) is 9.47 Å². The van der Waals surface area contributed by atoms with E-state index in [0.29, 0.717) is 23.5 Å². The van der Waals surface area contributed by atoms with Gasteiger partial charge in [-0.3, -0.25) is 0 Å². The molecule has 0 amide bonds. The van der Waals surface area contributed by atoms with Crippen LogP contribution in [0.5, 0.6) is 0 Å². The van der Waals surface area contributed by atoms with Gasteiger partial charge in [0, 0.05) is 11.3 Å². The first kappa shape index (κ1) is 11.6. The summed E-state index contributed by atoms with van der Waals surface area (Å²) >= 11 is 1.71. The maximum atomic E-state index is 12.3. The van der Waals surface area contributed by atoms with Crippen molar-refractivity contribution in [1.82, 2.24) is 0 Å². The van der Waals surface area contributed by atoms with Gasteiger partial charge in [0.25, 0.3) is 0 Å². The topological polar surface area (TPSA) is 35.5 Å². The first-order valence-electron chi connectivity index (χ1n) is 7.44. The van der Waals surface area contributed by atoms with Crippen LogP contribution in [0.4, 0.5) is 0 Å². The van der Waals surface area contributed by atoms with Crippen molar-refractivity contribution in [3.63, 3.8) is 0 Å². The van der Waals surface area contributed by atoms with Crippen LogP contribution in [-0.2, 0) is 9.47 Å². The fraction of sp³-hybridized carbons (Fsp3) is 0.562. The zero-order valence-corrected chi connectivity index (χ0v) is 11.9. The Bertz CT molecular complexity index is 601. The van der Waals surface area contributed by atoms with Gasteiger partial charge in [0.15, 0.2) is 4.93 Å². The molecule has 2 saturated heterocycles. The van der Waals surface area contributed by atoms with Gasteiger partial charge in [-0.05, 0) is 36.8 Å². The molecule has 5 atom stereocenters. The Hall–Kier alpha value is -1.00. The maximum absolute atomic E-state index is 12.3. The van der Waals surface area contributed by atoms with Gasteiger partial charge in [-0.15, -0.1) is 0 Å². The molecule has 0 aromatic heterocycles. The van der Waals surface area contributed by atoms with Crippen LogP contribution in [0.25, 0.3) is 0 Å². The van der Waals surface area contributed by atoms with Gasteiger partial charge < -0.3 is 9.47 Å². The molecular formula is C16H16O3S. The summed E-state index contributed by atoms with van der Waals surface area (Å²) < 4.78 is 12.1. The van der Waals surface area contributed by atoms with Gasteiger partial charge >= 0.3 is 5.97 Å². The minimum absolute atomic E-state index is 0.0994. The van der Waals surface area contributed by atoms with Crippen molar-refractivity contribution >= 4 is 17.7 Å². The molecule has 20 heavy (non-hydrogen) atoms. The fourth-order valence-electron chi connectivity index (χ4n) is 4.61. The van der Waals surface area contributed by atoms with Crippen LogP contribution in [0.3, 0.4) is 0 Å². The number of thioether (sulfide) groups is 1. The molecule has 1 aliphatic carbocycles. The number of esters is 1. The Morgan fingerprint density at radius 1 is 1.20 bits per heavy atom. The minimum atomic E-state index is -0.457. The summed E-state index contributed by atoms with van der Waals surface area (Å²) in [5.74, 6) is 1.13. The SMILES string of the molecule is O=C1OC2(CC3OC2C2CCCC32)Sc2ccccc21. The molecule has 5 rings (SSSR count). The summed E-state index contributed by atoms with van der Waals surface area (Å²) in [5.41, 5.74) is 0.703. The first-order chi connectivity index (χ1) is 9.77. The molecule has 4 aliphatic rings. The maximum Gasteiger partial charge on any atom is 0.340 e. The number of carbonyl (C=O) groups excluding carboxylic acids is 1. The highest BCUT2D eigenvalue weighted by atomic mass is 32.2. The molecule has 0 radical (unpaired) electrons. The number of rotatable bonds is 0. The lowest BCUT2D eigenvalue weighted by atomic mass is 9.79. The van der Waals surface area contributed by atoms with Crippen LogP contribution < -0.4 is 0 Å². The Morgan fingerprint density at radius 2 is 2.05 bits per heavy atom. The summed E-state index contributed by atoms with van der Waals surface area (Å²) in [7, 11) is 0. The second kappa shape index (κ2) is 3.80. The molecule has 3 heterocycles. The van der Waals surface area contributed by atoms with Crippen molar-refractivity contribution in [2.24, 2.45) is 11.8 Å². The van der Waals surface area contributed by atoms with E-state index in [1.54, 1.807) is 11.8 Å². The summed E-state index contributed by atoms with van der Waals surface area (Å²) in [4.78, 5) is 12.9. The first-order valence-corrected chi connectivity index (χ1v) is 8.25. The Balaban J connectivity index is 1.56. The molecular weight excluding hydrogens is 272 g/mol. The van der Waals surface area contributed by atoms with Crippen molar-refractivity contribution in [1.29, 1.82) is 0 Å². The summed E-state index contributed by atoms with van der Waals surface area (Å²) in [5, 5.41) is 0. The van der Waals surface area contributed by atoms with E-state index in [9.17, 15) is 4.79 Å². The molecule has 4 heteroatoms. The van der Waals surface area contributed by atoms with Gasteiger partial charge in [0.2, 0.25) is 0 Å². The van der Waals surface area contributed by atoms with Crippen molar-refractivity contribution in [2.75, 3.05) is 0 Å². The van der Waals surface area contributed by atoms with Crippen molar-refractivity contribution in [2.45, 2.75) is 47.7 Å². The lowest BCUT2D eigenvalue weighted by Gasteiger charge is -2.41. The average molecular weight is 288 g/mol. The molecule has 1 aromatic rings. The molecule has 1 spiro atoms. The van der Waals surface area contributed by atoms with Gasteiger partial charge in [-0.25, -0.2) is 4.79 Å². The van der Waals surface area contributed by atoms with Crippen molar-refractivity contribution in [3.8, 4) is 0 Å². The van der Waals surface area contributed by atoms with E-state index in [-0.39, 0.29) is 12.1 Å². The number of benzene rings is 1. The number of ether oxygens (including phenoxy) is 2. The van der Waals surface area contributed by atoms with E-state index in [1.807, 2.05) is 24.3 Å². The van der Waals surface area contributed by atoms with Crippen molar-refractivity contribution < 1.29 is 14.3 Å². The fourth-order valence-corrected chi connectivity index (χ4v) is 6.11. The highest BCUT2D eigenvalue weighted by molar-refractivity contribution is 8.00. The number of hydrogen-bond donors (Lipinski definition) is 0. The van der Waals surface area contributed by atoms with Crippen molar-refractivity contribution in [3.05, 3.63) is 29.8 Å². The van der Waals surface area contributed by atoms with Crippen LogP contribution in [-0.4, -0.2) is 23.1 Å². The predicted molar refractivity (Wildman–Crippen MR) is 74.6 cm³/mol. The molecule has 3 fully saturated rings. The van der Waals surface area contributed by atoms with Crippen LogP contribution in [0.1, 0.15) is 36.0 Å². The molecule has 2 bridgehead atoms. The molecule has 5 unspecified atom stereocenters. The standard InChI is InChI=1S/C16H16O3S/c17-15-11-4-1-2-7-13(11)20-16(19-15)8-12-9-5-3-6-10(9)14(16)18-12/h1-2,4,7,9-10,12,14H,3,5-6,8H2. The Morgan fingerprint density at radius 3 is 3.00 bits per heavy atom. The smallest absolute Gasteiger partial charge is 0.340 e. The lowest BCUT2D eigenvalue weighted by Crippen LogP contribution is -2.48. The summed E-state index contributed by atoms with van der Waals surface area (Å²) in [6.45, 7) is 0. The Labute approximate surface area is 122 Å². The molecule has 3 aliphatic heterocycles. The summed E-state index contributed by atoms with van der Waals surface area (Å²) in [6.07, 6.45) is 5.09. The van der Waals surface area contributed by atoms with Gasteiger partial charge in [0.05, 0.1) is 11.7 Å². The molecule has 104 valence electrons. The number of fused-ring (bicyclic) bond motifs is 7. The molecule has 3 nitrogen and oxygen atoms in total. The monoisotopic (exact) mass is 288 g/mol. The van der Waals surface area contributed by atoms with E-state index in [1.165, 1.54) is 19.3 Å².